The van der Waals surface area contributed by atoms with Gasteiger partial charge in [-0.2, -0.15) is 6.42 Å². The van der Waals surface area contributed by atoms with Crippen molar-refractivity contribution < 1.29 is 70.6 Å². The molecule has 29 rings (SSSR count). The van der Waals surface area contributed by atoms with Crippen LogP contribution in [-0.4, -0.2) is 32.9 Å². The number of carboxylic acid groups (broad SMARTS) is 1. The van der Waals surface area contributed by atoms with Gasteiger partial charge in [0, 0.05) is 126 Å². The molecule has 0 radical (unpaired) electrons. The number of aliphatic hydroxyl groups is 2. The van der Waals surface area contributed by atoms with Crippen LogP contribution in [-0.2, 0) is 16.0 Å². The summed E-state index contributed by atoms with van der Waals surface area (Å²) < 4.78 is 33.0. The van der Waals surface area contributed by atoms with Gasteiger partial charge in [0.2, 0.25) is 0 Å². The quantitative estimate of drug-likeness (QED) is 0.0849. The van der Waals surface area contributed by atoms with Crippen molar-refractivity contribution in [3.8, 4) is 22.3 Å². The molecule has 5 heterocycles. The van der Waals surface area contributed by atoms with E-state index < -0.39 is 17.2 Å². The minimum atomic E-state index is -1.62. The number of ketones is 2. The smallest absolute Gasteiger partial charge is 0.481 e. The first-order valence-electron chi connectivity index (χ1n) is 46.8. The van der Waals surface area contributed by atoms with Crippen molar-refractivity contribution in [2.45, 2.75) is 37.9 Å². The summed E-state index contributed by atoms with van der Waals surface area (Å²) in [5, 5.41) is 60.9. The van der Waals surface area contributed by atoms with Crippen molar-refractivity contribution in [1.29, 1.82) is 0 Å². The van der Waals surface area contributed by atoms with E-state index in [1.54, 1.807) is 48.5 Å². The van der Waals surface area contributed by atoms with Gasteiger partial charge in [-0.05, 0) is 154 Å². The van der Waals surface area contributed by atoms with Crippen molar-refractivity contribution in [1.82, 2.24) is 0 Å². The molecule has 13 heteroatoms. The Morgan fingerprint density at radius 1 is 0.255 bits per heavy atom. The van der Waals surface area contributed by atoms with Crippen LogP contribution in [0.15, 0.2) is 445 Å². The molecule has 0 saturated heterocycles. The standard InChI is InChI=1S/C46H28O4.C46H26O2.C16H9BrO.C14H8O2.C4H9.C2H4O2.Li/c47-45(39-25-33-29-15-5-11-23-41(29)49-43(33)31-17-3-1-13-27(31)39)35-19-7-9-21-37(35)46(48,38-22-10-8-20-36(38)45)40-26-34-30-16-6-12-24-42(30)50-44(34)32-18-4-2-14-28(32)40;1-7-21-35-27(13-1)37(25-39-29-15-9-11-23-41(29)47-45(35)39)43-31-17-3-5-19-33(31)44(34-20-6-4-18-32(34)43)38-26-40-30-16-10-12-24-42(30)48-46(40)36-22-8-2-14-28(36)38;17-14-9-13-11-6-3-4-8-15(11)18-16(13)12-7-2-1-5-10(12)14;15-13-9-5-1-2-6-10(9)14(16)12-8-4-3-7-11(12)13;1-3-4-2;1-2(3)4;/h1-26,47-48H;1-26H;1-9H;1-8H;1,3-4H2,2H3;1H3,(H,3,4);/q;;;;-1;;+1. The van der Waals surface area contributed by atoms with Crippen molar-refractivity contribution in [3.05, 3.63) is 486 Å². The van der Waals surface area contributed by atoms with E-state index in [-0.39, 0.29) is 30.4 Å². The van der Waals surface area contributed by atoms with E-state index in [4.69, 9.17) is 32.0 Å². The largest absolute Gasteiger partial charge is 1.00 e. The van der Waals surface area contributed by atoms with Gasteiger partial charge in [-0.1, -0.05) is 387 Å². The molecule has 2 aliphatic rings. The molecule has 27 aromatic rings. The van der Waals surface area contributed by atoms with Gasteiger partial charge < -0.3 is 44.3 Å². The molecule has 0 amide bonds. The van der Waals surface area contributed by atoms with E-state index in [9.17, 15) is 19.8 Å². The van der Waals surface area contributed by atoms with Crippen LogP contribution in [0.5, 0.6) is 0 Å². The Balaban J connectivity index is 0.000000111. The number of hydrogen-bond donors (Lipinski definition) is 3. The number of carbonyl (C=O) groups is 3. The fourth-order valence-corrected chi connectivity index (χ4v) is 22.1. The fourth-order valence-electron chi connectivity index (χ4n) is 21.6. The molecule has 0 spiro atoms. The number of carbonyl (C=O) groups excluding carboxylic acids is 2. The van der Waals surface area contributed by atoms with Gasteiger partial charge in [-0.25, -0.2) is 0 Å². The van der Waals surface area contributed by atoms with E-state index in [1.165, 1.54) is 71.8 Å². The van der Waals surface area contributed by atoms with Gasteiger partial charge >= 0.3 is 18.9 Å². The molecule has 670 valence electrons. The number of fused-ring (bicyclic) bond motifs is 31. The van der Waals surface area contributed by atoms with Crippen LogP contribution in [0.1, 0.15) is 91.9 Å². The molecule has 11 nitrogen and oxygen atoms in total. The third-order valence-electron chi connectivity index (χ3n) is 27.7. The summed E-state index contributed by atoms with van der Waals surface area (Å²) in [5.74, 6) is -0.961. The number of hydrogen-bond acceptors (Lipinski definition) is 10. The second kappa shape index (κ2) is 35.8. The second-order valence-corrected chi connectivity index (χ2v) is 36.5. The van der Waals surface area contributed by atoms with Gasteiger partial charge in [0.1, 0.15) is 67.0 Å². The maximum absolute atomic E-state index is 13.6. The zero-order valence-corrected chi connectivity index (χ0v) is 78.5. The molecule has 3 N–H and O–H groups in total. The van der Waals surface area contributed by atoms with Crippen LogP contribution in [0.3, 0.4) is 0 Å². The number of aliphatic carboxylic acids is 1. The second-order valence-electron chi connectivity index (χ2n) is 35.6. The third kappa shape index (κ3) is 14.3. The zero-order chi connectivity index (χ0) is 94.8. The summed E-state index contributed by atoms with van der Waals surface area (Å²) in [7, 11) is 0. The van der Waals surface area contributed by atoms with Gasteiger partial charge in [0.05, 0.1) is 0 Å². The topological polar surface area (TPSA) is 178 Å². The van der Waals surface area contributed by atoms with Crippen LogP contribution in [0.4, 0.5) is 0 Å². The monoisotopic (exact) mass is 1880 g/mol. The molecule has 0 saturated carbocycles. The van der Waals surface area contributed by atoms with Gasteiger partial charge in [0.25, 0.3) is 5.97 Å². The van der Waals surface area contributed by atoms with Crippen LogP contribution >= 0.6 is 15.9 Å². The van der Waals surface area contributed by atoms with Gasteiger partial charge in [-0.3, -0.25) is 14.4 Å². The van der Waals surface area contributed by atoms with E-state index >= 15 is 0 Å². The molecular formula is C128H84BrLiO11. The number of halogens is 1. The minimum Gasteiger partial charge on any atom is -0.481 e. The Morgan fingerprint density at radius 3 is 0.716 bits per heavy atom. The van der Waals surface area contributed by atoms with E-state index in [0.717, 1.165) is 171 Å². The molecule has 5 aromatic heterocycles. The first-order chi connectivity index (χ1) is 68.7. The Kier molecular flexibility index (Phi) is 22.4. The molecule has 2 aliphatic carbocycles. The Hall–Kier alpha value is -16.5. The fraction of sp³-hybridized carbons (Fsp3) is 0.0469. The molecule has 22 aromatic carbocycles. The summed E-state index contributed by atoms with van der Waals surface area (Å²) in [6.07, 6.45) is 2.28. The van der Waals surface area contributed by atoms with Gasteiger partial charge in [0.15, 0.2) is 11.6 Å². The normalized spacial score (nSPS) is 14.2. The predicted octanol–water partition coefficient (Wildman–Crippen LogP) is 30.8. The van der Waals surface area contributed by atoms with E-state index in [0.29, 0.717) is 44.5 Å². The van der Waals surface area contributed by atoms with E-state index in [2.05, 4.69) is 236 Å². The van der Waals surface area contributed by atoms with Crippen molar-refractivity contribution in [2.24, 2.45) is 0 Å². The van der Waals surface area contributed by atoms with Crippen LogP contribution < -0.4 is 18.9 Å². The molecule has 0 aliphatic heterocycles. The van der Waals surface area contributed by atoms with Gasteiger partial charge in [-0.15, -0.1) is 0 Å². The predicted molar refractivity (Wildman–Crippen MR) is 574 cm³/mol. The summed E-state index contributed by atoms with van der Waals surface area (Å²) in [6.45, 7) is 6.81. The SMILES string of the molecule is Brc1cc2c3ccccc3oc2c2ccccc12.CC(=O)O.O=C1c2ccccc2C(=O)c2ccccc21.OC1(c2cc3c4ccccc4oc3c3ccccc23)c2ccccc2C(O)(c2cc3c4ccccc4oc3c3ccccc23)c2ccccc21.[CH2-]CCC.[Li+].c1ccc2c(c1)oc1c3ccccc3c(-c3c4ccccc4c(-c4cc5c6ccccc6oc5c5ccccc45)c4ccccc34)cc21. The van der Waals surface area contributed by atoms with Crippen LogP contribution in [0.25, 0.3) is 207 Å². The molecule has 0 atom stereocenters. The van der Waals surface area contributed by atoms with Crippen molar-refractivity contribution in [2.75, 3.05) is 0 Å². The summed E-state index contributed by atoms with van der Waals surface area (Å²) in [5.41, 5.74) is 16.4. The number of unbranched alkanes of at least 4 members (excludes halogenated alkanes) is 1. The van der Waals surface area contributed by atoms with Crippen molar-refractivity contribution in [3.63, 3.8) is 0 Å². The summed E-state index contributed by atoms with van der Waals surface area (Å²) >= 11 is 3.65. The summed E-state index contributed by atoms with van der Waals surface area (Å²) in [4.78, 5) is 33.2. The molecule has 141 heavy (non-hydrogen) atoms. The zero-order valence-electron chi connectivity index (χ0n) is 76.9. The number of carboxylic acids is 1. The van der Waals surface area contributed by atoms with Crippen LogP contribution in [0, 0.1) is 6.92 Å². The number of furan rings is 5. The molecule has 0 unspecified atom stereocenters. The van der Waals surface area contributed by atoms with Crippen molar-refractivity contribution >= 4 is 219 Å². The molecular weight excluding hydrogens is 1800 g/mol. The molecule has 0 fully saturated rings. The molecule has 0 bridgehead atoms. The van der Waals surface area contributed by atoms with E-state index in [1.807, 2.05) is 164 Å². The number of para-hydroxylation sites is 5. The maximum Gasteiger partial charge on any atom is 1.00 e. The maximum atomic E-state index is 13.6. The summed E-state index contributed by atoms with van der Waals surface area (Å²) in [6, 6.07) is 141. The first-order valence-corrected chi connectivity index (χ1v) is 47.6. The van der Waals surface area contributed by atoms with Crippen LogP contribution in [0.2, 0.25) is 0 Å². The number of benzene rings is 22. The first kappa shape index (κ1) is 88.4. The Bertz CT molecular complexity index is 9180. The Morgan fingerprint density at radius 2 is 0.447 bits per heavy atom. The average molecular weight is 1880 g/mol. The average Bonchev–Trinajstić information content (AvgIpc) is 1.43. The Labute approximate surface area is 828 Å². The third-order valence-corrected chi connectivity index (χ3v) is 28.4. The number of rotatable bonds is 5. The minimum absolute atomic E-state index is 0.